The Kier molecular flexibility index (Phi) is 2.36. The van der Waals surface area contributed by atoms with E-state index in [0.717, 1.165) is 23.7 Å². The lowest BCUT2D eigenvalue weighted by atomic mass is 9.46. The van der Waals surface area contributed by atoms with Gasteiger partial charge in [0.1, 0.15) is 0 Å². The van der Waals surface area contributed by atoms with E-state index >= 15 is 0 Å². The number of nitrogens with one attached hydrogen (secondary N) is 1. The van der Waals surface area contributed by atoms with E-state index in [1.165, 1.54) is 38.5 Å². The average Bonchev–Trinajstić information content (AvgIpc) is 2.20. The van der Waals surface area contributed by atoms with Crippen LogP contribution in [-0.2, 0) is 0 Å². The average molecular weight is 234 g/mol. The standard InChI is InChI=1S/C15H26N2/c16-17-14(13-2-1-3-13)15-7-10-4-11(8-15)6-12(5-10)9-15/h10-14,17H,1-9,16H2. The molecule has 1 atom stereocenters. The molecule has 3 N–H and O–H groups in total. The van der Waals surface area contributed by atoms with Gasteiger partial charge in [-0.15, -0.1) is 0 Å². The van der Waals surface area contributed by atoms with Crippen molar-refractivity contribution in [3.63, 3.8) is 0 Å². The Morgan fingerprint density at radius 1 is 0.941 bits per heavy atom. The molecule has 0 spiro atoms. The molecule has 0 aliphatic heterocycles. The molecule has 0 aromatic heterocycles. The maximum absolute atomic E-state index is 5.95. The van der Waals surface area contributed by atoms with Crippen LogP contribution in [0.5, 0.6) is 0 Å². The van der Waals surface area contributed by atoms with Crippen LogP contribution < -0.4 is 11.3 Å². The van der Waals surface area contributed by atoms with Crippen LogP contribution in [0.1, 0.15) is 57.8 Å². The zero-order valence-electron chi connectivity index (χ0n) is 10.8. The molecule has 0 saturated heterocycles. The predicted molar refractivity (Wildman–Crippen MR) is 69.1 cm³/mol. The number of hydrazine groups is 1. The minimum Gasteiger partial charge on any atom is -0.271 e. The van der Waals surface area contributed by atoms with E-state index in [-0.39, 0.29) is 0 Å². The van der Waals surface area contributed by atoms with Gasteiger partial charge in [0.25, 0.3) is 0 Å². The quantitative estimate of drug-likeness (QED) is 0.582. The molecular weight excluding hydrogens is 208 g/mol. The highest BCUT2D eigenvalue weighted by Crippen LogP contribution is 2.62. The third kappa shape index (κ3) is 1.53. The van der Waals surface area contributed by atoms with Gasteiger partial charge in [0.2, 0.25) is 0 Å². The van der Waals surface area contributed by atoms with E-state index in [9.17, 15) is 0 Å². The van der Waals surface area contributed by atoms with Gasteiger partial charge in [-0.3, -0.25) is 11.3 Å². The summed E-state index contributed by atoms with van der Waals surface area (Å²) in [6.07, 6.45) is 13.4. The smallest absolute Gasteiger partial charge is 0.0295 e. The Morgan fingerprint density at radius 3 is 1.82 bits per heavy atom. The summed E-state index contributed by atoms with van der Waals surface area (Å²) in [6.45, 7) is 0. The van der Waals surface area contributed by atoms with Gasteiger partial charge in [-0.25, -0.2) is 0 Å². The van der Waals surface area contributed by atoms with Crippen molar-refractivity contribution in [2.45, 2.75) is 63.8 Å². The van der Waals surface area contributed by atoms with Crippen LogP contribution in [0.2, 0.25) is 0 Å². The molecule has 0 aromatic carbocycles. The van der Waals surface area contributed by atoms with E-state index in [2.05, 4.69) is 5.43 Å². The molecule has 5 aliphatic carbocycles. The van der Waals surface area contributed by atoms with E-state index in [0.29, 0.717) is 11.5 Å². The van der Waals surface area contributed by atoms with Gasteiger partial charge in [-0.05, 0) is 80.5 Å². The zero-order chi connectivity index (χ0) is 11.5. The largest absolute Gasteiger partial charge is 0.271 e. The molecular formula is C15H26N2. The molecule has 5 fully saturated rings. The van der Waals surface area contributed by atoms with Crippen LogP contribution in [0.3, 0.4) is 0 Å². The van der Waals surface area contributed by atoms with Gasteiger partial charge < -0.3 is 0 Å². The maximum Gasteiger partial charge on any atom is 0.0295 e. The molecule has 0 aromatic rings. The maximum atomic E-state index is 5.95. The third-order valence-corrected chi connectivity index (χ3v) is 6.55. The van der Waals surface area contributed by atoms with Crippen LogP contribution in [0.4, 0.5) is 0 Å². The molecule has 1 unspecified atom stereocenters. The van der Waals surface area contributed by atoms with Crippen molar-refractivity contribution in [3.8, 4) is 0 Å². The van der Waals surface area contributed by atoms with Gasteiger partial charge in [0, 0.05) is 6.04 Å². The first-order valence-electron chi connectivity index (χ1n) is 7.75. The van der Waals surface area contributed by atoms with Crippen molar-refractivity contribution < 1.29 is 0 Å². The Bertz CT molecular complexity index is 273. The number of hydrogen-bond acceptors (Lipinski definition) is 2. The van der Waals surface area contributed by atoms with Crippen LogP contribution in [-0.4, -0.2) is 6.04 Å². The molecule has 4 bridgehead atoms. The molecule has 0 heterocycles. The summed E-state index contributed by atoms with van der Waals surface area (Å²) in [5.41, 5.74) is 3.87. The number of hydrogen-bond donors (Lipinski definition) is 2. The summed E-state index contributed by atoms with van der Waals surface area (Å²) >= 11 is 0. The molecule has 5 aliphatic rings. The first kappa shape index (κ1) is 10.8. The van der Waals surface area contributed by atoms with Gasteiger partial charge in [0.15, 0.2) is 0 Å². The normalized spacial score (nSPS) is 50.3. The fourth-order valence-corrected chi connectivity index (χ4v) is 6.14. The third-order valence-electron chi connectivity index (χ3n) is 6.55. The van der Waals surface area contributed by atoms with Crippen LogP contribution in [0, 0.1) is 29.1 Å². The number of rotatable bonds is 3. The molecule has 96 valence electrons. The van der Waals surface area contributed by atoms with Crippen molar-refractivity contribution in [1.29, 1.82) is 0 Å². The topological polar surface area (TPSA) is 38.0 Å². The van der Waals surface area contributed by atoms with Crippen molar-refractivity contribution in [2.75, 3.05) is 0 Å². The van der Waals surface area contributed by atoms with Crippen molar-refractivity contribution in [1.82, 2.24) is 5.43 Å². The summed E-state index contributed by atoms with van der Waals surface area (Å²) in [5.74, 6) is 10.0. The molecule has 0 radical (unpaired) electrons. The molecule has 5 saturated carbocycles. The van der Waals surface area contributed by atoms with E-state index < -0.39 is 0 Å². The van der Waals surface area contributed by atoms with Crippen LogP contribution >= 0.6 is 0 Å². The summed E-state index contributed by atoms with van der Waals surface area (Å²) in [4.78, 5) is 0. The Labute approximate surface area is 105 Å². The SMILES string of the molecule is NNC(C1CCC1)C12CC3CC(CC(C3)C1)C2. The minimum absolute atomic E-state index is 0.606. The summed E-state index contributed by atoms with van der Waals surface area (Å²) in [5, 5.41) is 0. The summed E-state index contributed by atoms with van der Waals surface area (Å²) in [7, 11) is 0. The minimum atomic E-state index is 0.606. The van der Waals surface area contributed by atoms with E-state index in [4.69, 9.17) is 5.84 Å². The fraction of sp³-hybridized carbons (Fsp3) is 1.00. The number of nitrogens with two attached hydrogens (primary N) is 1. The second-order valence-corrected chi connectivity index (χ2v) is 7.62. The molecule has 2 nitrogen and oxygen atoms in total. The predicted octanol–water partition coefficient (Wildman–Crippen LogP) is 2.83. The molecule has 0 amide bonds. The lowest BCUT2D eigenvalue weighted by Gasteiger charge is -2.61. The highest BCUT2D eigenvalue weighted by Gasteiger charge is 2.55. The monoisotopic (exact) mass is 234 g/mol. The first-order valence-corrected chi connectivity index (χ1v) is 7.75. The second kappa shape index (κ2) is 3.71. The van der Waals surface area contributed by atoms with Gasteiger partial charge in [-0.1, -0.05) is 6.42 Å². The van der Waals surface area contributed by atoms with Crippen LogP contribution in [0.25, 0.3) is 0 Å². The van der Waals surface area contributed by atoms with Gasteiger partial charge in [0.05, 0.1) is 0 Å². The lowest BCUT2D eigenvalue weighted by molar-refractivity contribution is -0.0921. The van der Waals surface area contributed by atoms with Crippen molar-refractivity contribution in [3.05, 3.63) is 0 Å². The molecule has 17 heavy (non-hydrogen) atoms. The first-order chi connectivity index (χ1) is 8.29. The Hall–Kier alpha value is -0.0800. The highest BCUT2D eigenvalue weighted by molar-refractivity contribution is 5.07. The van der Waals surface area contributed by atoms with Crippen molar-refractivity contribution >= 4 is 0 Å². The highest BCUT2D eigenvalue weighted by atomic mass is 15.2. The molecule has 2 heteroatoms. The van der Waals surface area contributed by atoms with Crippen LogP contribution in [0.15, 0.2) is 0 Å². The Balaban J connectivity index is 1.62. The summed E-state index contributed by atoms with van der Waals surface area (Å²) < 4.78 is 0. The Morgan fingerprint density at radius 2 is 1.47 bits per heavy atom. The fourth-order valence-electron chi connectivity index (χ4n) is 6.14. The molecule has 5 rings (SSSR count). The van der Waals surface area contributed by atoms with E-state index in [1.54, 1.807) is 19.3 Å². The lowest BCUT2D eigenvalue weighted by Crippen LogP contribution is -2.60. The van der Waals surface area contributed by atoms with Gasteiger partial charge in [-0.2, -0.15) is 0 Å². The van der Waals surface area contributed by atoms with Gasteiger partial charge >= 0.3 is 0 Å². The van der Waals surface area contributed by atoms with E-state index in [1.807, 2.05) is 0 Å². The summed E-state index contributed by atoms with van der Waals surface area (Å²) in [6, 6.07) is 0.643. The zero-order valence-corrected chi connectivity index (χ0v) is 10.8. The van der Waals surface area contributed by atoms with Crippen molar-refractivity contribution in [2.24, 2.45) is 34.9 Å². The second-order valence-electron chi connectivity index (χ2n) is 7.62.